The molecule has 4 fully saturated rings. The third kappa shape index (κ3) is 15.7. The summed E-state index contributed by atoms with van der Waals surface area (Å²) >= 11 is 0. The first-order chi connectivity index (χ1) is 26.5. The van der Waals surface area contributed by atoms with Gasteiger partial charge in [-0.25, -0.2) is 0 Å². The monoisotopic (exact) mass is 878 g/mol. The number of aliphatic hydroxyl groups excluding tert-OH is 16. The van der Waals surface area contributed by atoms with Gasteiger partial charge in [0.25, 0.3) is 0 Å². The maximum atomic E-state index is 10.7. The third-order valence-corrected chi connectivity index (χ3v) is 8.76. The zero-order chi connectivity index (χ0) is 44.1. The highest BCUT2D eigenvalue weighted by Gasteiger charge is 2.46. The van der Waals surface area contributed by atoms with E-state index in [1.807, 2.05) is 0 Å². The van der Waals surface area contributed by atoms with Crippen molar-refractivity contribution < 1.29 is 115 Å². The first-order valence-electron chi connectivity index (χ1n) is 17.3. The lowest BCUT2D eigenvalue weighted by atomic mass is 9.97. The summed E-state index contributed by atoms with van der Waals surface area (Å²) in [5, 5.41) is 154. The second kappa shape index (κ2) is 26.3. The van der Waals surface area contributed by atoms with Crippen molar-refractivity contribution in [3.8, 4) is 0 Å². The number of hydrogen-bond donors (Lipinski definition) is 20. The highest BCUT2D eigenvalue weighted by atomic mass is 35.5. The lowest BCUT2D eigenvalue weighted by Gasteiger charge is -2.40. The number of carbonyl (C=O) groups is 3. The van der Waals surface area contributed by atoms with E-state index in [9.17, 15) is 70.6 Å². The third-order valence-electron chi connectivity index (χ3n) is 8.76. The lowest BCUT2D eigenvalue weighted by molar-refractivity contribution is -0.253. The molecule has 0 aromatic carbocycles. The molecule has 0 bridgehead atoms. The van der Waals surface area contributed by atoms with Gasteiger partial charge in [-0.3, -0.25) is 14.4 Å². The van der Waals surface area contributed by atoms with Crippen LogP contribution in [0.15, 0.2) is 0 Å². The summed E-state index contributed by atoms with van der Waals surface area (Å²) in [5.41, 5.74) is 5.26. The number of amides is 3. The van der Waals surface area contributed by atoms with Gasteiger partial charge in [0.15, 0.2) is 25.2 Å². The molecule has 58 heavy (non-hydrogen) atoms. The number of carbonyl (C=O) groups excluding carboxylic acids is 3. The predicted octanol–water partition coefficient (Wildman–Crippen LogP) is -12.1. The average molecular weight is 879 g/mol. The molecule has 3 amide bonds. The van der Waals surface area contributed by atoms with Crippen LogP contribution in [0, 0.1) is 0 Å². The van der Waals surface area contributed by atoms with Crippen LogP contribution in [-0.4, -0.2) is 248 Å². The van der Waals surface area contributed by atoms with Crippen molar-refractivity contribution in [2.75, 3.05) is 26.4 Å². The summed E-state index contributed by atoms with van der Waals surface area (Å²) in [6.45, 7) is 1.59. The van der Waals surface area contributed by atoms with Gasteiger partial charge in [0.2, 0.25) is 17.7 Å². The minimum Gasteiger partial charge on any atom is -0.394 e. The van der Waals surface area contributed by atoms with E-state index in [1.165, 1.54) is 20.8 Å². The summed E-state index contributed by atoms with van der Waals surface area (Å²) < 4.78 is 19.1. The van der Waals surface area contributed by atoms with Crippen LogP contribution in [0.5, 0.6) is 0 Å². The SMILES string of the molecule is CC(=O)NC1C(O)OC(CO)C(O)C1O.CC(=O)NC1C(O)OC(CO)C(O)C1O.CC(=O)NC1C(O)OC(CO)C(O)C1O.Cl.NC1C(O)OC(CO)C(O)C1O. The normalized spacial score (nSPS) is 42.2. The van der Waals surface area contributed by atoms with Gasteiger partial charge in [-0.2, -0.15) is 0 Å². The molecule has 4 saturated heterocycles. The first-order valence-corrected chi connectivity index (χ1v) is 17.3. The molecule has 27 nitrogen and oxygen atoms in total. The van der Waals surface area contributed by atoms with E-state index < -0.39 is 167 Å². The zero-order valence-electron chi connectivity index (χ0n) is 31.4. The smallest absolute Gasteiger partial charge is 0.217 e. The molecular weight excluding hydrogens is 820 g/mol. The second-order valence-corrected chi connectivity index (χ2v) is 13.2. The highest BCUT2D eigenvalue weighted by molar-refractivity contribution is 5.85. The Morgan fingerprint density at radius 3 is 0.828 bits per heavy atom. The van der Waals surface area contributed by atoms with Gasteiger partial charge >= 0.3 is 0 Å². The van der Waals surface area contributed by atoms with Gasteiger partial charge in [-0.1, -0.05) is 0 Å². The summed E-state index contributed by atoms with van der Waals surface area (Å²) in [6.07, 6.45) is -20.6. The van der Waals surface area contributed by atoms with Crippen molar-refractivity contribution in [3.63, 3.8) is 0 Å². The van der Waals surface area contributed by atoms with Crippen molar-refractivity contribution in [3.05, 3.63) is 0 Å². The fraction of sp³-hybridized carbons (Fsp3) is 0.900. The fourth-order valence-corrected chi connectivity index (χ4v) is 5.58. The molecule has 4 rings (SSSR count). The molecule has 0 radical (unpaired) electrons. The Bertz CT molecular complexity index is 1100. The van der Waals surface area contributed by atoms with Crippen LogP contribution in [0.1, 0.15) is 20.8 Å². The number of hydrogen-bond acceptors (Lipinski definition) is 24. The van der Waals surface area contributed by atoms with E-state index in [0.29, 0.717) is 0 Å². The molecule has 20 unspecified atom stereocenters. The van der Waals surface area contributed by atoms with E-state index >= 15 is 0 Å². The molecule has 0 spiro atoms. The molecule has 4 heterocycles. The summed E-state index contributed by atoms with van der Waals surface area (Å²) in [6, 6.07) is -4.33. The zero-order valence-corrected chi connectivity index (χ0v) is 32.2. The molecule has 0 saturated carbocycles. The van der Waals surface area contributed by atoms with Crippen molar-refractivity contribution in [2.45, 2.75) is 143 Å². The van der Waals surface area contributed by atoms with Crippen molar-refractivity contribution in [2.24, 2.45) is 5.73 Å². The van der Waals surface area contributed by atoms with Crippen LogP contribution in [-0.2, 0) is 33.3 Å². The van der Waals surface area contributed by atoms with E-state index in [1.54, 1.807) is 0 Å². The van der Waals surface area contributed by atoms with Crippen LogP contribution in [0.2, 0.25) is 0 Å². The molecule has 28 heteroatoms. The standard InChI is InChI=1S/3C8H15NO6.C6H13NO5.ClH/c3*1-3(11)9-5-7(13)6(12)4(2-10)15-8(5)14;7-3-5(10)4(9)2(1-8)12-6(3)11;/h3*4-8,10,12-14H,2H2,1H3,(H,9,11);2-6,8-11H,1,7H2;1H. The summed E-state index contributed by atoms with van der Waals surface area (Å²) in [7, 11) is 0. The number of halogens is 1. The Morgan fingerprint density at radius 2 is 0.621 bits per heavy atom. The Balaban J connectivity index is 0.000000745. The Labute approximate surface area is 336 Å². The summed E-state index contributed by atoms with van der Waals surface area (Å²) in [4.78, 5) is 32.2. The van der Waals surface area contributed by atoms with Gasteiger partial charge < -0.3 is 122 Å². The second-order valence-electron chi connectivity index (χ2n) is 13.2. The number of nitrogens with one attached hydrogen (secondary N) is 3. The Morgan fingerprint density at radius 1 is 0.414 bits per heavy atom. The van der Waals surface area contributed by atoms with Crippen LogP contribution in [0.3, 0.4) is 0 Å². The van der Waals surface area contributed by atoms with Crippen molar-refractivity contribution in [1.29, 1.82) is 0 Å². The first kappa shape index (κ1) is 55.9. The average Bonchev–Trinajstić information content (AvgIpc) is 3.15. The Kier molecular flexibility index (Phi) is 25.3. The van der Waals surface area contributed by atoms with Gasteiger partial charge in [-0.15, -0.1) is 12.4 Å². The van der Waals surface area contributed by atoms with E-state index in [2.05, 4.69) is 16.0 Å². The molecule has 4 aliphatic rings. The topological polar surface area (TPSA) is 474 Å². The van der Waals surface area contributed by atoms with Crippen molar-refractivity contribution >= 4 is 30.1 Å². The maximum absolute atomic E-state index is 10.7. The number of rotatable bonds is 7. The number of ether oxygens (including phenoxy) is 4. The van der Waals surface area contributed by atoms with Gasteiger partial charge in [-0.05, 0) is 0 Å². The van der Waals surface area contributed by atoms with E-state index in [0.717, 1.165) is 0 Å². The fourth-order valence-electron chi connectivity index (χ4n) is 5.58. The molecule has 344 valence electrons. The van der Waals surface area contributed by atoms with Gasteiger partial charge in [0.1, 0.15) is 91.4 Å². The molecule has 4 aliphatic heterocycles. The molecule has 0 aromatic heterocycles. The van der Waals surface area contributed by atoms with Crippen LogP contribution in [0.4, 0.5) is 0 Å². The highest BCUT2D eigenvalue weighted by Crippen LogP contribution is 2.22. The minimum absolute atomic E-state index is 0. The number of nitrogens with two attached hydrogens (primary N) is 1. The van der Waals surface area contributed by atoms with Crippen LogP contribution in [0.25, 0.3) is 0 Å². The quantitative estimate of drug-likeness (QED) is 0.113. The van der Waals surface area contributed by atoms with Gasteiger partial charge in [0, 0.05) is 20.8 Å². The van der Waals surface area contributed by atoms with Crippen molar-refractivity contribution in [1.82, 2.24) is 16.0 Å². The predicted molar refractivity (Wildman–Crippen MR) is 188 cm³/mol. The van der Waals surface area contributed by atoms with Crippen LogP contribution < -0.4 is 21.7 Å². The molecule has 21 N–H and O–H groups in total. The largest absolute Gasteiger partial charge is 0.394 e. The Hall–Kier alpha value is -2.14. The van der Waals surface area contributed by atoms with Gasteiger partial charge in [0.05, 0.1) is 32.5 Å². The van der Waals surface area contributed by atoms with E-state index in [-0.39, 0.29) is 12.4 Å². The molecular formula is C30H59ClN4O23. The minimum atomic E-state index is -1.45. The lowest BCUT2D eigenvalue weighted by Crippen LogP contribution is -2.63. The molecule has 0 aromatic rings. The summed E-state index contributed by atoms with van der Waals surface area (Å²) in [5.74, 6) is -1.39. The maximum Gasteiger partial charge on any atom is 0.217 e. The van der Waals surface area contributed by atoms with Crippen LogP contribution >= 0.6 is 12.4 Å². The molecule has 20 atom stereocenters. The molecule has 0 aliphatic carbocycles. The number of aliphatic hydroxyl groups is 16. The van der Waals surface area contributed by atoms with E-state index in [4.69, 9.17) is 50.2 Å².